The number of hydrazone groups is 1. The van der Waals surface area contributed by atoms with Crippen LogP contribution in [-0.2, 0) is 0 Å². The molecule has 0 aliphatic heterocycles. The zero-order valence-corrected chi connectivity index (χ0v) is 4.92. The van der Waals surface area contributed by atoms with Crippen molar-refractivity contribution in [1.82, 2.24) is 5.43 Å². The first-order valence-electron chi connectivity index (χ1n) is 2.83. The zero-order valence-electron chi connectivity index (χ0n) is 4.92. The third kappa shape index (κ3) is 1.71. The third-order valence-corrected chi connectivity index (χ3v) is 1.24. The number of nitrogens with zero attached hydrogens (tertiary/aromatic N) is 1. The second-order valence-corrected chi connectivity index (χ2v) is 1.95. The summed E-state index contributed by atoms with van der Waals surface area (Å²) in [6, 6.07) is 0. The summed E-state index contributed by atoms with van der Waals surface area (Å²) in [4.78, 5) is 9.83. The summed E-state index contributed by atoms with van der Waals surface area (Å²) >= 11 is 0. The Morgan fingerprint density at radius 3 is 2.67 bits per heavy atom. The molecule has 0 atom stereocenters. The number of nitrogens with one attached hydrogen (secondary N) is 1. The predicted molar refractivity (Wildman–Crippen MR) is 32.4 cm³/mol. The fourth-order valence-corrected chi connectivity index (χ4v) is 0.574. The van der Waals surface area contributed by atoms with E-state index in [9.17, 15) is 4.79 Å². The van der Waals surface area contributed by atoms with Crippen molar-refractivity contribution >= 4 is 11.8 Å². The van der Waals surface area contributed by atoms with Gasteiger partial charge in [-0.05, 0) is 19.3 Å². The van der Waals surface area contributed by atoms with E-state index in [1.54, 1.807) is 0 Å². The van der Waals surface area contributed by atoms with Crippen LogP contribution in [0.1, 0.15) is 19.3 Å². The highest BCUT2D eigenvalue weighted by Crippen LogP contribution is 2.13. The van der Waals surface area contributed by atoms with Gasteiger partial charge in [-0.2, -0.15) is 5.10 Å². The molecule has 1 aliphatic carbocycles. The average molecular weight is 128 g/mol. The predicted octanol–water partition coefficient (Wildman–Crippen LogP) is 0.794. The molecule has 4 heteroatoms. The summed E-state index contributed by atoms with van der Waals surface area (Å²) in [5.74, 6) is 0. The van der Waals surface area contributed by atoms with Gasteiger partial charge in [0.25, 0.3) is 0 Å². The smallest absolute Gasteiger partial charge is 0.425 e. The number of hydrogen-bond donors (Lipinski definition) is 2. The molecule has 4 nitrogen and oxygen atoms in total. The van der Waals surface area contributed by atoms with Crippen molar-refractivity contribution in [3.05, 3.63) is 0 Å². The first-order chi connectivity index (χ1) is 4.29. The molecule has 1 aliphatic rings. The van der Waals surface area contributed by atoms with Crippen LogP contribution < -0.4 is 5.43 Å². The molecule has 0 unspecified atom stereocenters. The highest BCUT2D eigenvalue weighted by atomic mass is 16.4. The maximum Gasteiger partial charge on any atom is 0.425 e. The fourth-order valence-electron chi connectivity index (χ4n) is 0.574. The lowest BCUT2D eigenvalue weighted by Gasteiger charge is -2.12. The first kappa shape index (κ1) is 6.07. The number of carboxylic acid groups (broad SMARTS) is 1. The van der Waals surface area contributed by atoms with Gasteiger partial charge in [-0.25, -0.2) is 10.2 Å². The molecule has 9 heavy (non-hydrogen) atoms. The van der Waals surface area contributed by atoms with E-state index >= 15 is 0 Å². The van der Waals surface area contributed by atoms with Crippen molar-refractivity contribution in [2.75, 3.05) is 0 Å². The standard InChI is InChI=1S/C5H8N2O2/c8-5(9)7-6-4-2-1-3-4/h7H,1-3H2,(H,8,9). The van der Waals surface area contributed by atoms with Gasteiger partial charge >= 0.3 is 6.09 Å². The van der Waals surface area contributed by atoms with Gasteiger partial charge in [-0.3, -0.25) is 0 Å². The van der Waals surface area contributed by atoms with Crippen LogP contribution in [-0.4, -0.2) is 16.9 Å². The molecular weight excluding hydrogens is 120 g/mol. The van der Waals surface area contributed by atoms with Crippen LogP contribution in [0.5, 0.6) is 0 Å². The van der Waals surface area contributed by atoms with E-state index < -0.39 is 6.09 Å². The number of amides is 1. The van der Waals surface area contributed by atoms with Crippen molar-refractivity contribution in [3.63, 3.8) is 0 Å². The van der Waals surface area contributed by atoms with E-state index in [1.807, 2.05) is 5.43 Å². The lowest BCUT2D eigenvalue weighted by Crippen LogP contribution is -2.20. The molecule has 1 saturated carbocycles. The lowest BCUT2D eigenvalue weighted by molar-refractivity contribution is 0.195. The first-order valence-corrected chi connectivity index (χ1v) is 2.83. The van der Waals surface area contributed by atoms with Crippen molar-refractivity contribution in [2.24, 2.45) is 5.10 Å². The van der Waals surface area contributed by atoms with Crippen LogP contribution >= 0.6 is 0 Å². The molecule has 1 amide bonds. The summed E-state index contributed by atoms with van der Waals surface area (Å²) in [6.45, 7) is 0. The minimum Gasteiger partial charge on any atom is -0.464 e. The molecule has 0 bridgehead atoms. The van der Waals surface area contributed by atoms with E-state index in [2.05, 4.69) is 5.10 Å². The summed E-state index contributed by atoms with van der Waals surface area (Å²) in [5, 5.41) is 11.7. The van der Waals surface area contributed by atoms with Crippen LogP contribution in [0.3, 0.4) is 0 Å². The molecular formula is C5H8N2O2. The summed E-state index contributed by atoms with van der Waals surface area (Å²) in [5.41, 5.74) is 2.91. The van der Waals surface area contributed by atoms with Crippen LogP contribution in [0, 0.1) is 0 Å². The van der Waals surface area contributed by atoms with Gasteiger partial charge in [-0.1, -0.05) is 0 Å². The number of hydrogen-bond acceptors (Lipinski definition) is 2. The van der Waals surface area contributed by atoms with Crippen molar-refractivity contribution in [1.29, 1.82) is 0 Å². The Morgan fingerprint density at radius 1 is 1.67 bits per heavy atom. The van der Waals surface area contributed by atoms with Crippen molar-refractivity contribution in [3.8, 4) is 0 Å². The Bertz CT molecular complexity index is 147. The Balaban J connectivity index is 2.22. The van der Waals surface area contributed by atoms with E-state index in [0.29, 0.717) is 0 Å². The average Bonchev–Trinajstić information content (AvgIpc) is 1.60. The van der Waals surface area contributed by atoms with Crippen molar-refractivity contribution < 1.29 is 9.90 Å². The van der Waals surface area contributed by atoms with E-state index in [0.717, 1.165) is 25.0 Å². The highest BCUT2D eigenvalue weighted by molar-refractivity contribution is 5.89. The van der Waals surface area contributed by atoms with Crippen molar-refractivity contribution in [2.45, 2.75) is 19.3 Å². The molecule has 0 aromatic heterocycles. The Hall–Kier alpha value is -1.06. The minimum atomic E-state index is -1.09. The largest absolute Gasteiger partial charge is 0.464 e. The molecule has 0 heterocycles. The summed E-state index contributed by atoms with van der Waals surface area (Å²) in [6.07, 6.45) is 1.94. The zero-order chi connectivity index (χ0) is 6.69. The molecule has 0 radical (unpaired) electrons. The molecule has 0 aromatic rings. The number of carbonyl (C=O) groups is 1. The van der Waals surface area contributed by atoms with Gasteiger partial charge in [0, 0.05) is 5.71 Å². The van der Waals surface area contributed by atoms with Crippen LogP contribution in [0.2, 0.25) is 0 Å². The lowest BCUT2D eigenvalue weighted by atomic mass is 9.98. The van der Waals surface area contributed by atoms with E-state index in [1.165, 1.54) is 0 Å². The summed E-state index contributed by atoms with van der Waals surface area (Å²) in [7, 11) is 0. The van der Waals surface area contributed by atoms with Gasteiger partial charge in [-0.15, -0.1) is 0 Å². The van der Waals surface area contributed by atoms with E-state index in [4.69, 9.17) is 5.11 Å². The Labute approximate surface area is 52.6 Å². The molecule has 0 saturated heterocycles. The topological polar surface area (TPSA) is 61.7 Å². The van der Waals surface area contributed by atoms with Gasteiger partial charge in [0.2, 0.25) is 0 Å². The van der Waals surface area contributed by atoms with Crippen LogP contribution in [0.4, 0.5) is 4.79 Å². The molecule has 1 fully saturated rings. The maximum atomic E-state index is 9.83. The quantitative estimate of drug-likeness (QED) is 0.513. The highest BCUT2D eigenvalue weighted by Gasteiger charge is 2.09. The molecule has 0 spiro atoms. The molecule has 0 aromatic carbocycles. The minimum absolute atomic E-state index is 0.945. The maximum absolute atomic E-state index is 9.83. The Morgan fingerprint density at radius 2 is 2.33 bits per heavy atom. The van der Waals surface area contributed by atoms with Crippen LogP contribution in [0.15, 0.2) is 5.10 Å². The van der Waals surface area contributed by atoms with Gasteiger partial charge in [0.1, 0.15) is 0 Å². The van der Waals surface area contributed by atoms with Gasteiger partial charge in [0.05, 0.1) is 0 Å². The normalized spacial score (nSPS) is 16.2. The summed E-state index contributed by atoms with van der Waals surface area (Å²) < 4.78 is 0. The van der Waals surface area contributed by atoms with Gasteiger partial charge in [0.15, 0.2) is 0 Å². The number of rotatable bonds is 1. The molecule has 1 rings (SSSR count). The molecule has 50 valence electrons. The second kappa shape index (κ2) is 2.48. The Kier molecular flexibility index (Phi) is 1.67. The fraction of sp³-hybridized carbons (Fsp3) is 0.600. The van der Waals surface area contributed by atoms with Crippen LogP contribution in [0.25, 0.3) is 0 Å². The third-order valence-electron chi connectivity index (χ3n) is 1.24. The van der Waals surface area contributed by atoms with Gasteiger partial charge < -0.3 is 5.11 Å². The second-order valence-electron chi connectivity index (χ2n) is 1.95. The SMILES string of the molecule is O=C(O)NN=C1CCC1. The molecule has 2 N–H and O–H groups in total. The monoisotopic (exact) mass is 128 g/mol. The van der Waals surface area contributed by atoms with E-state index in [-0.39, 0.29) is 0 Å².